The second kappa shape index (κ2) is 8.73. The number of aromatic nitrogens is 1. The van der Waals surface area contributed by atoms with Gasteiger partial charge in [-0.25, -0.2) is 13.8 Å². The smallest absolute Gasteiger partial charge is 0.341 e. The first-order valence-corrected chi connectivity index (χ1v) is 12.6. The molecule has 1 fully saturated rings. The van der Waals surface area contributed by atoms with Gasteiger partial charge in [0, 0.05) is 18.2 Å². The Morgan fingerprint density at radius 1 is 1.18 bits per heavy atom. The number of nitrogens with zero attached hydrogens (tertiary/aromatic N) is 1. The number of carbonyl (C=O) groups excluding carboxylic acids is 1. The molecular formula is C23H23F2NO5S2. The highest BCUT2D eigenvalue weighted by atomic mass is 32.2. The summed E-state index contributed by atoms with van der Waals surface area (Å²) >= 11 is 1.06. The van der Waals surface area contributed by atoms with Crippen LogP contribution in [-0.2, 0) is 23.8 Å². The van der Waals surface area contributed by atoms with E-state index in [0.717, 1.165) is 23.5 Å². The summed E-state index contributed by atoms with van der Waals surface area (Å²) in [6.45, 7) is 6.35. The van der Waals surface area contributed by atoms with Crippen LogP contribution in [0.2, 0.25) is 0 Å². The Bertz CT molecular complexity index is 1310. The lowest BCUT2D eigenvalue weighted by atomic mass is 9.81. The third-order valence-electron chi connectivity index (χ3n) is 5.59. The molecular weight excluding hydrogens is 472 g/mol. The summed E-state index contributed by atoms with van der Waals surface area (Å²) in [5.74, 6) is -2.84. The van der Waals surface area contributed by atoms with Gasteiger partial charge in [0.1, 0.15) is 21.5 Å². The number of benzene rings is 2. The summed E-state index contributed by atoms with van der Waals surface area (Å²) in [5, 5.41) is 0.282. The molecule has 0 N–H and O–H groups in total. The van der Waals surface area contributed by atoms with E-state index in [1.54, 1.807) is 0 Å². The maximum Gasteiger partial charge on any atom is 0.341 e. The van der Waals surface area contributed by atoms with Crippen LogP contribution in [0.5, 0.6) is 0 Å². The Morgan fingerprint density at radius 2 is 1.94 bits per heavy atom. The van der Waals surface area contributed by atoms with E-state index in [-0.39, 0.29) is 27.0 Å². The van der Waals surface area contributed by atoms with Gasteiger partial charge < -0.3 is 8.92 Å². The van der Waals surface area contributed by atoms with E-state index < -0.39 is 33.6 Å². The largest absolute Gasteiger partial charge is 0.378 e. The summed E-state index contributed by atoms with van der Waals surface area (Å²) in [4.78, 5) is 16.7. The van der Waals surface area contributed by atoms with Gasteiger partial charge in [-0.05, 0) is 48.6 Å². The summed E-state index contributed by atoms with van der Waals surface area (Å²) < 4.78 is 64.0. The SMILES string of the molecule is CC(C)(C)C1CC(C(=O)OS(=O)(=O)c2ccc3nc(-c4ccc(F)cc4F)sc3c2)CCO1. The van der Waals surface area contributed by atoms with Crippen molar-refractivity contribution >= 4 is 37.6 Å². The normalized spacial score (nSPS) is 19.5. The fourth-order valence-electron chi connectivity index (χ4n) is 3.68. The second-order valence-corrected chi connectivity index (χ2v) is 11.7. The first kappa shape index (κ1) is 23.7. The monoisotopic (exact) mass is 495 g/mol. The number of rotatable bonds is 4. The lowest BCUT2D eigenvalue weighted by Gasteiger charge is -2.36. The number of halogens is 2. The van der Waals surface area contributed by atoms with Crippen LogP contribution >= 0.6 is 11.3 Å². The molecule has 1 aliphatic heterocycles. The fraction of sp³-hybridized carbons (Fsp3) is 0.391. The zero-order valence-electron chi connectivity index (χ0n) is 18.3. The molecule has 1 aromatic heterocycles. The van der Waals surface area contributed by atoms with E-state index in [9.17, 15) is 22.0 Å². The Morgan fingerprint density at radius 3 is 2.64 bits per heavy atom. The van der Waals surface area contributed by atoms with Crippen LogP contribution in [0, 0.1) is 23.0 Å². The van der Waals surface area contributed by atoms with Crippen molar-refractivity contribution in [1.82, 2.24) is 4.98 Å². The van der Waals surface area contributed by atoms with Gasteiger partial charge >= 0.3 is 16.1 Å². The maximum atomic E-state index is 14.1. The van der Waals surface area contributed by atoms with Crippen LogP contribution in [-0.4, -0.2) is 32.1 Å². The summed E-state index contributed by atoms with van der Waals surface area (Å²) in [6.07, 6.45) is 0.602. The predicted octanol–water partition coefficient (Wildman–Crippen LogP) is 5.31. The summed E-state index contributed by atoms with van der Waals surface area (Å²) in [6, 6.07) is 7.25. The highest BCUT2D eigenvalue weighted by molar-refractivity contribution is 7.87. The zero-order chi connectivity index (χ0) is 24.0. The predicted molar refractivity (Wildman–Crippen MR) is 120 cm³/mol. The Hall–Kier alpha value is -2.43. The third-order valence-corrected chi connectivity index (χ3v) is 7.85. The van der Waals surface area contributed by atoms with E-state index in [1.807, 2.05) is 20.8 Å². The number of thiazole rings is 1. The molecule has 0 bridgehead atoms. The molecule has 4 rings (SSSR count). The molecule has 2 atom stereocenters. The molecule has 0 saturated carbocycles. The van der Waals surface area contributed by atoms with Gasteiger partial charge in [-0.15, -0.1) is 11.3 Å². The first-order chi connectivity index (χ1) is 15.4. The molecule has 2 unspecified atom stereocenters. The molecule has 1 saturated heterocycles. The number of hydrogen-bond acceptors (Lipinski definition) is 7. The molecule has 3 aromatic rings. The van der Waals surface area contributed by atoms with Crippen molar-refractivity contribution < 1.29 is 30.9 Å². The molecule has 10 heteroatoms. The summed E-state index contributed by atoms with van der Waals surface area (Å²) in [5.41, 5.74) is 0.374. The van der Waals surface area contributed by atoms with Gasteiger partial charge in [0.25, 0.3) is 0 Å². The van der Waals surface area contributed by atoms with Crippen molar-refractivity contribution in [2.24, 2.45) is 11.3 Å². The van der Waals surface area contributed by atoms with Crippen LogP contribution in [0.3, 0.4) is 0 Å². The molecule has 1 aliphatic rings. The van der Waals surface area contributed by atoms with E-state index in [0.29, 0.717) is 29.7 Å². The average Bonchev–Trinajstić information content (AvgIpc) is 3.16. The van der Waals surface area contributed by atoms with Crippen LogP contribution in [0.15, 0.2) is 41.3 Å². The number of carbonyl (C=O) groups is 1. The van der Waals surface area contributed by atoms with Gasteiger partial charge in [0.2, 0.25) is 0 Å². The highest BCUT2D eigenvalue weighted by Crippen LogP contribution is 2.35. The van der Waals surface area contributed by atoms with Gasteiger partial charge in [0.05, 0.1) is 22.2 Å². The molecule has 0 spiro atoms. The van der Waals surface area contributed by atoms with E-state index >= 15 is 0 Å². The average molecular weight is 496 g/mol. The van der Waals surface area contributed by atoms with Crippen molar-refractivity contribution in [2.75, 3.05) is 6.61 Å². The Kier molecular flexibility index (Phi) is 6.28. The van der Waals surface area contributed by atoms with Crippen molar-refractivity contribution in [2.45, 2.75) is 44.6 Å². The second-order valence-electron chi connectivity index (χ2n) is 9.08. The van der Waals surface area contributed by atoms with Crippen LogP contribution < -0.4 is 0 Å². The van der Waals surface area contributed by atoms with Gasteiger partial charge in [0.15, 0.2) is 0 Å². The molecule has 2 heterocycles. The molecule has 6 nitrogen and oxygen atoms in total. The number of ether oxygens (including phenoxy) is 1. The van der Waals surface area contributed by atoms with Gasteiger partial charge in [-0.2, -0.15) is 8.42 Å². The molecule has 0 amide bonds. The van der Waals surface area contributed by atoms with Gasteiger partial charge in [-0.1, -0.05) is 20.8 Å². The van der Waals surface area contributed by atoms with Crippen LogP contribution in [0.4, 0.5) is 8.78 Å². The third kappa shape index (κ3) is 5.07. The summed E-state index contributed by atoms with van der Waals surface area (Å²) in [7, 11) is -4.36. The van der Waals surface area contributed by atoms with E-state index in [4.69, 9.17) is 8.92 Å². The quantitative estimate of drug-likeness (QED) is 0.456. The molecule has 33 heavy (non-hydrogen) atoms. The molecule has 2 aromatic carbocycles. The zero-order valence-corrected chi connectivity index (χ0v) is 19.9. The minimum absolute atomic E-state index is 0.112. The van der Waals surface area contributed by atoms with Crippen molar-refractivity contribution in [3.05, 3.63) is 48.0 Å². The van der Waals surface area contributed by atoms with Gasteiger partial charge in [-0.3, -0.25) is 4.79 Å². The first-order valence-electron chi connectivity index (χ1n) is 10.4. The van der Waals surface area contributed by atoms with Crippen molar-refractivity contribution in [3.8, 4) is 10.6 Å². The Balaban J connectivity index is 1.55. The lowest BCUT2D eigenvalue weighted by Crippen LogP contribution is -2.39. The standard InChI is InChI=1S/C23H23F2NO5S2/c1-23(2,3)20-10-13(8-9-30-20)22(27)31-33(28,29)15-5-7-18-19(12-15)32-21(26-18)16-6-4-14(24)11-17(16)25/h4-7,11-13,20H,8-10H2,1-3H3. The van der Waals surface area contributed by atoms with Crippen LogP contribution in [0.1, 0.15) is 33.6 Å². The minimum Gasteiger partial charge on any atom is -0.378 e. The maximum absolute atomic E-state index is 14.1. The topological polar surface area (TPSA) is 82.6 Å². The molecule has 0 aliphatic carbocycles. The molecule has 176 valence electrons. The Labute approximate surface area is 194 Å². The minimum atomic E-state index is -4.36. The van der Waals surface area contributed by atoms with Crippen molar-refractivity contribution in [3.63, 3.8) is 0 Å². The molecule has 0 radical (unpaired) electrons. The highest BCUT2D eigenvalue weighted by Gasteiger charge is 2.37. The van der Waals surface area contributed by atoms with E-state index in [1.165, 1.54) is 24.3 Å². The number of fused-ring (bicyclic) bond motifs is 1. The van der Waals surface area contributed by atoms with Crippen molar-refractivity contribution in [1.29, 1.82) is 0 Å². The lowest BCUT2D eigenvalue weighted by molar-refractivity contribution is -0.146. The van der Waals surface area contributed by atoms with Crippen LogP contribution in [0.25, 0.3) is 20.8 Å². The van der Waals surface area contributed by atoms with E-state index in [2.05, 4.69) is 4.98 Å². The number of hydrogen-bond donors (Lipinski definition) is 0. The fourth-order valence-corrected chi connectivity index (χ4v) is 5.73.